The predicted octanol–water partition coefficient (Wildman–Crippen LogP) is 4.84. The maximum Gasteiger partial charge on any atom is 0.242 e. The van der Waals surface area contributed by atoms with E-state index in [1.807, 2.05) is 38.3 Å². The van der Waals surface area contributed by atoms with Gasteiger partial charge in [-0.05, 0) is 48.9 Å². The molecule has 2 rings (SSSR count). The summed E-state index contributed by atoms with van der Waals surface area (Å²) in [7, 11) is 0. The first-order valence-electron chi connectivity index (χ1n) is 9.78. The normalized spacial score (nSPS) is 11.9. The molecule has 0 saturated carbocycles. The van der Waals surface area contributed by atoms with E-state index in [0.717, 1.165) is 23.3 Å². The molecule has 2 amide bonds. The lowest BCUT2D eigenvalue weighted by Crippen LogP contribution is -2.46. The minimum atomic E-state index is -0.298. The highest BCUT2D eigenvalue weighted by atomic mass is 32.1. The van der Waals surface area contributed by atoms with Crippen LogP contribution in [0.1, 0.15) is 50.5 Å². The summed E-state index contributed by atoms with van der Waals surface area (Å²) < 4.78 is 13.2. The average Bonchev–Trinajstić information content (AvgIpc) is 3.19. The van der Waals surface area contributed by atoms with E-state index in [0.29, 0.717) is 19.5 Å². The largest absolute Gasteiger partial charge is 0.332 e. The first kappa shape index (κ1) is 22.1. The number of hydrogen-bond acceptors (Lipinski definition) is 3. The van der Waals surface area contributed by atoms with Gasteiger partial charge in [0.05, 0.1) is 6.54 Å². The molecular weight excluding hydrogens is 375 g/mol. The summed E-state index contributed by atoms with van der Waals surface area (Å²) in [6.07, 6.45) is 2.00. The number of hydrogen-bond donors (Lipinski definition) is 0. The van der Waals surface area contributed by atoms with Crippen molar-refractivity contribution in [2.45, 2.75) is 59.2 Å². The second kappa shape index (κ2) is 11.0. The highest BCUT2D eigenvalue weighted by Crippen LogP contribution is 2.17. The minimum absolute atomic E-state index is 0.0115. The Morgan fingerprint density at radius 2 is 1.79 bits per heavy atom. The molecule has 1 aromatic heterocycles. The number of thiophene rings is 1. The molecule has 0 spiro atoms. The summed E-state index contributed by atoms with van der Waals surface area (Å²) in [4.78, 5) is 30.2. The van der Waals surface area contributed by atoms with Gasteiger partial charge in [0.2, 0.25) is 11.8 Å². The van der Waals surface area contributed by atoms with Crippen molar-refractivity contribution in [1.29, 1.82) is 0 Å². The maximum atomic E-state index is 13.2. The zero-order valence-corrected chi connectivity index (χ0v) is 17.7. The molecule has 0 aliphatic heterocycles. The van der Waals surface area contributed by atoms with Crippen LogP contribution in [0.4, 0.5) is 4.39 Å². The summed E-state index contributed by atoms with van der Waals surface area (Å²) in [6.45, 7) is 6.89. The Morgan fingerprint density at radius 1 is 1.07 bits per heavy atom. The Labute approximate surface area is 171 Å². The van der Waals surface area contributed by atoms with Gasteiger partial charge in [-0.3, -0.25) is 9.59 Å². The molecule has 1 aromatic carbocycles. The Bertz CT molecular complexity index is 746. The van der Waals surface area contributed by atoms with Gasteiger partial charge in [0.1, 0.15) is 12.4 Å². The van der Waals surface area contributed by atoms with Gasteiger partial charge in [-0.2, -0.15) is 0 Å². The minimum Gasteiger partial charge on any atom is -0.332 e. The fourth-order valence-corrected chi connectivity index (χ4v) is 3.67. The molecule has 0 saturated heterocycles. The molecule has 0 aliphatic rings. The van der Waals surface area contributed by atoms with Crippen molar-refractivity contribution < 1.29 is 14.0 Å². The zero-order valence-electron chi connectivity index (χ0n) is 16.9. The molecule has 2 aromatic rings. The number of amides is 2. The zero-order chi connectivity index (χ0) is 20.5. The summed E-state index contributed by atoms with van der Waals surface area (Å²) in [5.74, 6) is -0.376. The lowest BCUT2D eigenvalue weighted by atomic mass is 10.1. The molecule has 0 aliphatic carbocycles. The predicted molar refractivity (Wildman–Crippen MR) is 111 cm³/mol. The first-order chi connectivity index (χ1) is 13.4. The third-order valence-corrected chi connectivity index (χ3v) is 5.64. The van der Waals surface area contributed by atoms with E-state index < -0.39 is 0 Å². The molecule has 28 heavy (non-hydrogen) atoms. The lowest BCUT2D eigenvalue weighted by molar-refractivity contribution is -0.143. The molecule has 4 nitrogen and oxygen atoms in total. The molecule has 6 heteroatoms. The Morgan fingerprint density at radius 3 is 2.36 bits per heavy atom. The third-order valence-electron chi connectivity index (χ3n) is 4.78. The molecule has 0 fully saturated rings. The Hall–Kier alpha value is -2.21. The van der Waals surface area contributed by atoms with E-state index in [-0.39, 0.29) is 30.2 Å². The number of nitrogens with zero attached hydrogens (tertiary/aromatic N) is 2. The van der Waals surface area contributed by atoms with Gasteiger partial charge in [0.25, 0.3) is 0 Å². The molecule has 1 atom stereocenters. The molecule has 0 bridgehead atoms. The van der Waals surface area contributed by atoms with Crippen LogP contribution in [0.5, 0.6) is 0 Å². The number of rotatable bonds is 10. The van der Waals surface area contributed by atoms with Crippen molar-refractivity contribution in [2.24, 2.45) is 0 Å². The van der Waals surface area contributed by atoms with Gasteiger partial charge >= 0.3 is 0 Å². The molecule has 152 valence electrons. The molecule has 1 unspecified atom stereocenters. The van der Waals surface area contributed by atoms with Gasteiger partial charge in [0, 0.05) is 23.9 Å². The van der Waals surface area contributed by atoms with Crippen molar-refractivity contribution in [2.75, 3.05) is 6.54 Å². The average molecular weight is 405 g/mol. The van der Waals surface area contributed by atoms with Crippen LogP contribution in [0.15, 0.2) is 41.8 Å². The fourth-order valence-electron chi connectivity index (χ4n) is 2.95. The fraction of sp³-hybridized carbons (Fsp3) is 0.455. The lowest BCUT2D eigenvalue weighted by Gasteiger charge is -2.31. The van der Waals surface area contributed by atoms with Crippen LogP contribution in [0, 0.1) is 5.82 Å². The van der Waals surface area contributed by atoms with E-state index in [4.69, 9.17) is 0 Å². The van der Waals surface area contributed by atoms with Crippen LogP contribution >= 0.6 is 11.3 Å². The van der Waals surface area contributed by atoms with Gasteiger partial charge in [-0.15, -0.1) is 11.3 Å². The van der Waals surface area contributed by atoms with Crippen LogP contribution in [0.3, 0.4) is 0 Å². The van der Waals surface area contributed by atoms with Gasteiger partial charge in [-0.25, -0.2) is 4.39 Å². The summed E-state index contributed by atoms with van der Waals surface area (Å²) in [5.41, 5.74) is 0.862. The standard InChI is InChI=1S/C22H29FN2O2S/c1-4-7-21(26)25(17(3)5-2)16-22(27)24(15-20-8-6-13-28-20)14-18-9-11-19(23)12-10-18/h6,8-13,17H,4-5,7,14-16H2,1-3H3. The van der Waals surface area contributed by atoms with E-state index in [1.54, 1.807) is 33.3 Å². The van der Waals surface area contributed by atoms with E-state index in [9.17, 15) is 14.0 Å². The van der Waals surface area contributed by atoms with E-state index in [1.165, 1.54) is 12.1 Å². The van der Waals surface area contributed by atoms with Gasteiger partial charge in [-0.1, -0.05) is 32.0 Å². The molecule has 0 N–H and O–H groups in total. The number of carbonyl (C=O) groups is 2. The van der Waals surface area contributed by atoms with Gasteiger partial charge in [0.15, 0.2) is 0 Å². The van der Waals surface area contributed by atoms with Crippen molar-refractivity contribution in [3.8, 4) is 0 Å². The maximum absolute atomic E-state index is 13.2. The van der Waals surface area contributed by atoms with Crippen LogP contribution in [0.2, 0.25) is 0 Å². The van der Waals surface area contributed by atoms with Crippen molar-refractivity contribution in [3.05, 3.63) is 58.0 Å². The van der Waals surface area contributed by atoms with Crippen molar-refractivity contribution >= 4 is 23.2 Å². The Balaban J connectivity index is 2.18. The van der Waals surface area contributed by atoms with Crippen LogP contribution < -0.4 is 0 Å². The summed E-state index contributed by atoms with van der Waals surface area (Å²) >= 11 is 1.59. The summed E-state index contributed by atoms with van der Waals surface area (Å²) in [5, 5.41) is 1.98. The van der Waals surface area contributed by atoms with Crippen molar-refractivity contribution in [1.82, 2.24) is 9.80 Å². The SMILES string of the molecule is CCCC(=O)N(CC(=O)N(Cc1ccc(F)cc1)Cc1cccs1)C(C)CC. The van der Waals surface area contributed by atoms with Crippen LogP contribution in [0.25, 0.3) is 0 Å². The quantitative estimate of drug-likeness (QED) is 0.568. The first-order valence-corrected chi connectivity index (χ1v) is 10.7. The molecule has 1 heterocycles. The second-order valence-corrected chi connectivity index (χ2v) is 8.02. The second-order valence-electron chi connectivity index (χ2n) is 6.98. The van der Waals surface area contributed by atoms with Gasteiger partial charge < -0.3 is 9.80 Å². The summed E-state index contributed by atoms with van der Waals surface area (Å²) in [6, 6.07) is 10.1. The van der Waals surface area contributed by atoms with Crippen LogP contribution in [-0.4, -0.2) is 34.2 Å². The van der Waals surface area contributed by atoms with E-state index >= 15 is 0 Å². The highest BCUT2D eigenvalue weighted by molar-refractivity contribution is 7.09. The van der Waals surface area contributed by atoms with Crippen LogP contribution in [-0.2, 0) is 22.7 Å². The monoisotopic (exact) mass is 404 g/mol. The highest BCUT2D eigenvalue weighted by Gasteiger charge is 2.24. The Kier molecular flexibility index (Phi) is 8.64. The molecular formula is C22H29FN2O2S. The number of benzene rings is 1. The third kappa shape index (κ3) is 6.44. The van der Waals surface area contributed by atoms with E-state index in [2.05, 4.69) is 0 Å². The van der Waals surface area contributed by atoms with Crippen molar-refractivity contribution in [3.63, 3.8) is 0 Å². The topological polar surface area (TPSA) is 40.6 Å². The molecule has 0 radical (unpaired) electrons. The number of carbonyl (C=O) groups excluding carboxylic acids is 2. The smallest absolute Gasteiger partial charge is 0.242 e. The number of halogens is 1.